The highest BCUT2D eigenvalue weighted by Gasteiger charge is 2.48. The Bertz CT molecular complexity index is 274. The lowest BCUT2D eigenvalue weighted by Gasteiger charge is -2.38. The monoisotopic (exact) mass is 222 g/mol. The van der Waals surface area contributed by atoms with Crippen LogP contribution in [-0.2, 0) is 0 Å². The molecule has 2 heterocycles. The first-order valence-electron chi connectivity index (χ1n) is 7.06. The number of nitrogens with zero attached hydrogens (tertiary/aromatic N) is 1. The van der Waals surface area contributed by atoms with E-state index in [1.54, 1.807) is 0 Å². The van der Waals surface area contributed by atoms with Gasteiger partial charge < -0.3 is 5.32 Å². The number of hydrogen-bond acceptors (Lipinski definition) is 2. The maximum absolute atomic E-state index is 3.56. The highest BCUT2D eigenvalue weighted by Crippen LogP contribution is 2.45. The third kappa shape index (κ3) is 1.53. The highest BCUT2D eigenvalue weighted by molar-refractivity contribution is 5.02. The van der Waals surface area contributed by atoms with Gasteiger partial charge in [0.15, 0.2) is 0 Å². The van der Waals surface area contributed by atoms with E-state index in [1.807, 2.05) is 0 Å². The summed E-state index contributed by atoms with van der Waals surface area (Å²) in [6.45, 7) is 11.3. The van der Waals surface area contributed by atoms with Gasteiger partial charge in [-0.2, -0.15) is 0 Å². The van der Waals surface area contributed by atoms with Gasteiger partial charge in [0, 0.05) is 18.6 Å². The Balaban J connectivity index is 1.76. The summed E-state index contributed by atoms with van der Waals surface area (Å²) in [5.41, 5.74) is 0.556. The molecule has 0 spiro atoms. The number of likely N-dealkylation sites (tertiary alicyclic amines) is 1. The van der Waals surface area contributed by atoms with Crippen molar-refractivity contribution in [2.24, 2.45) is 17.3 Å². The van der Waals surface area contributed by atoms with Crippen molar-refractivity contribution < 1.29 is 0 Å². The molecular formula is C14H26N2. The molecule has 0 aromatic carbocycles. The summed E-state index contributed by atoms with van der Waals surface area (Å²) in [6.07, 6.45) is 4.30. The van der Waals surface area contributed by atoms with E-state index in [0.29, 0.717) is 5.41 Å². The van der Waals surface area contributed by atoms with E-state index in [4.69, 9.17) is 0 Å². The van der Waals surface area contributed by atoms with Crippen LogP contribution in [0, 0.1) is 17.3 Å². The van der Waals surface area contributed by atoms with Crippen molar-refractivity contribution in [2.45, 2.75) is 52.1 Å². The maximum atomic E-state index is 3.56. The van der Waals surface area contributed by atoms with E-state index in [0.717, 1.165) is 23.9 Å². The third-order valence-corrected chi connectivity index (χ3v) is 5.58. The molecule has 4 atom stereocenters. The van der Waals surface area contributed by atoms with Crippen molar-refractivity contribution in [1.29, 1.82) is 0 Å². The second-order valence-electron chi connectivity index (χ2n) is 6.92. The molecule has 2 aliphatic heterocycles. The lowest BCUT2D eigenvalue weighted by atomic mass is 9.86. The van der Waals surface area contributed by atoms with Crippen molar-refractivity contribution in [3.8, 4) is 0 Å². The van der Waals surface area contributed by atoms with Crippen LogP contribution in [0.25, 0.3) is 0 Å². The number of nitrogens with one attached hydrogen (secondary N) is 1. The molecule has 3 fully saturated rings. The zero-order valence-corrected chi connectivity index (χ0v) is 11.0. The Morgan fingerprint density at radius 1 is 1.25 bits per heavy atom. The van der Waals surface area contributed by atoms with Crippen molar-refractivity contribution in [1.82, 2.24) is 10.2 Å². The van der Waals surface area contributed by atoms with Crippen LogP contribution in [0.5, 0.6) is 0 Å². The third-order valence-electron chi connectivity index (χ3n) is 5.58. The molecular weight excluding hydrogens is 196 g/mol. The van der Waals surface area contributed by atoms with E-state index in [-0.39, 0.29) is 0 Å². The van der Waals surface area contributed by atoms with Gasteiger partial charge in [0.25, 0.3) is 0 Å². The molecule has 2 heteroatoms. The van der Waals surface area contributed by atoms with Gasteiger partial charge in [-0.25, -0.2) is 0 Å². The van der Waals surface area contributed by atoms with Crippen molar-refractivity contribution in [3.05, 3.63) is 0 Å². The summed E-state index contributed by atoms with van der Waals surface area (Å²) in [5, 5.41) is 3.56. The Kier molecular flexibility index (Phi) is 2.56. The number of fused-ring (bicyclic) bond motifs is 1. The van der Waals surface area contributed by atoms with Gasteiger partial charge in [0.05, 0.1) is 0 Å². The standard InChI is InChI=1S/C14H26N2/c1-10-12-8-15-7-11(12)9-16(10)13-5-4-6-14(13,2)3/h10-13,15H,4-9H2,1-3H3. The van der Waals surface area contributed by atoms with Gasteiger partial charge in [-0.15, -0.1) is 0 Å². The first-order valence-corrected chi connectivity index (χ1v) is 7.06. The minimum absolute atomic E-state index is 0.556. The van der Waals surface area contributed by atoms with Gasteiger partial charge in [0.1, 0.15) is 0 Å². The van der Waals surface area contributed by atoms with Gasteiger partial charge >= 0.3 is 0 Å². The summed E-state index contributed by atoms with van der Waals surface area (Å²) < 4.78 is 0. The Hall–Kier alpha value is -0.0800. The first-order chi connectivity index (χ1) is 7.59. The van der Waals surface area contributed by atoms with E-state index in [2.05, 4.69) is 31.0 Å². The molecule has 2 saturated heterocycles. The maximum Gasteiger partial charge on any atom is 0.0149 e. The van der Waals surface area contributed by atoms with Gasteiger partial charge in [-0.1, -0.05) is 20.3 Å². The average Bonchev–Trinajstić information content (AvgIpc) is 2.84. The van der Waals surface area contributed by atoms with Crippen molar-refractivity contribution in [3.63, 3.8) is 0 Å². The molecule has 1 aliphatic carbocycles. The zero-order chi connectivity index (χ0) is 11.3. The van der Waals surface area contributed by atoms with Crippen LogP contribution in [0.3, 0.4) is 0 Å². The summed E-state index contributed by atoms with van der Waals surface area (Å²) in [4.78, 5) is 2.85. The fourth-order valence-electron chi connectivity index (χ4n) is 4.53. The molecule has 0 amide bonds. The van der Waals surface area contributed by atoms with Crippen LogP contribution >= 0.6 is 0 Å². The quantitative estimate of drug-likeness (QED) is 0.731. The molecule has 4 unspecified atom stereocenters. The van der Waals surface area contributed by atoms with Crippen LogP contribution in [0.1, 0.15) is 40.0 Å². The molecule has 0 bridgehead atoms. The smallest absolute Gasteiger partial charge is 0.0149 e. The van der Waals surface area contributed by atoms with Gasteiger partial charge in [-0.05, 0) is 50.1 Å². The number of rotatable bonds is 1. The molecule has 0 aromatic heterocycles. The highest BCUT2D eigenvalue weighted by atomic mass is 15.2. The molecule has 0 aromatic rings. The average molecular weight is 222 g/mol. The first kappa shape index (κ1) is 11.0. The van der Waals surface area contributed by atoms with E-state index < -0.39 is 0 Å². The molecule has 1 N–H and O–H groups in total. The molecule has 2 nitrogen and oxygen atoms in total. The SMILES string of the molecule is CC1C2CNCC2CN1C1CCCC1(C)C. The van der Waals surface area contributed by atoms with Crippen LogP contribution in [-0.4, -0.2) is 36.6 Å². The van der Waals surface area contributed by atoms with Crippen molar-refractivity contribution >= 4 is 0 Å². The van der Waals surface area contributed by atoms with Gasteiger partial charge in [-0.3, -0.25) is 4.90 Å². The van der Waals surface area contributed by atoms with Crippen LogP contribution < -0.4 is 5.32 Å². The summed E-state index contributed by atoms with van der Waals surface area (Å²) in [6, 6.07) is 1.66. The summed E-state index contributed by atoms with van der Waals surface area (Å²) in [7, 11) is 0. The van der Waals surface area contributed by atoms with Crippen LogP contribution in [0.4, 0.5) is 0 Å². The predicted octanol–water partition coefficient (Wildman–Crippen LogP) is 2.10. The zero-order valence-electron chi connectivity index (χ0n) is 11.0. The normalized spacial score (nSPS) is 47.4. The summed E-state index contributed by atoms with van der Waals surface area (Å²) in [5.74, 6) is 1.86. The molecule has 1 saturated carbocycles. The fourth-order valence-corrected chi connectivity index (χ4v) is 4.53. The molecule has 3 aliphatic rings. The largest absolute Gasteiger partial charge is 0.316 e. The Morgan fingerprint density at radius 2 is 2.06 bits per heavy atom. The lowest BCUT2D eigenvalue weighted by Crippen LogP contribution is -2.46. The Morgan fingerprint density at radius 3 is 2.69 bits per heavy atom. The predicted molar refractivity (Wildman–Crippen MR) is 67.4 cm³/mol. The molecule has 0 radical (unpaired) electrons. The topological polar surface area (TPSA) is 15.3 Å². The fraction of sp³-hybridized carbons (Fsp3) is 1.00. The molecule has 3 rings (SSSR count). The van der Waals surface area contributed by atoms with Crippen molar-refractivity contribution in [2.75, 3.05) is 19.6 Å². The second-order valence-corrected chi connectivity index (χ2v) is 6.92. The number of hydrogen-bond donors (Lipinski definition) is 1. The van der Waals surface area contributed by atoms with E-state index in [9.17, 15) is 0 Å². The van der Waals surface area contributed by atoms with E-state index in [1.165, 1.54) is 38.9 Å². The van der Waals surface area contributed by atoms with Crippen LogP contribution in [0.2, 0.25) is 0 Å². The Labute approximate surface area is 99.8 Å². The van der Waals surface area contributed by atoms with Gasteiger partial charge in [0.2, 0.25) is 0 Å². The molecule has 92 valence electrons. The molecule has 16 heavy (non-hydrogen) atoms. The lowest BCUT2D eigenvalue weighted by molar-refractivity contribution is 0.0955. The minimum Gasteiger partial charge on any atom is -0.316 e. The van der Waals surface area contributed by atoms with Crippen LogP contribution in [0.15, 0.2) is 0 Å². The second kappa shape index (κ2) is 3.71. The minimum atomic E-state index is 0.556. The van der Waals surface area contributed by atoms with E-state index >= 15 is 0 Å². The summed E-state index contributed by atoms with van der Waals surface area (Å²) >= 11 is 0.